The molecule has 0 bridgehead atoms. The molecule has 0 heterocycles. The van der Waals surface area contributed by atoms with Gasteiger partial charge in [0.1, 0.15) is 0 Å². The van der Waals surface area contributed by atoms with Crippen LogP contribution in [0.4, 0.5) is 0 Å². The first kappa shape index (κ1) is 9.88. The highest BCUT2D eigenvalue weighted by atomic mass is 32.2. The molecular weight excluding hydrogens is 192 g/mol. The van der Waals surface area contributed by atoms with Crippen LogP contribution in [-0.4, -0.2) is 19.8 Å². The first-order chi connectivity index (χ1) is 6.02. The lowest BCUT2D eigenvalue weighted by atomic mass is 10.1. The summed E-state index contributed by atoms with van der Waals surface area (Å²) in [4.78, 5) is 10.7. The van der Waals surface area contributed by atoms with Crippen LogP contribution in [0.1, 0.15) is 15.9 Å². The molecule has 1 aromatic carbocycles. The Hall–Kier alpha value is -1.20. The van der Waals surface area contributed by atoms with Crippen molar-refractivity contribution in [3.05, 3.63) is 29.3 Å². The second-order valence-electron chi connectivity index (χ2n) is 2.53. The molecule has 2 N–H and O–H groups in total. The molecule has 0 aliphatic carbocycles. The second kappa shape index (κ2) is 3.68. The quantitative estimate of drug-likeness (QED) is 0.705. The van der Waals surface area contributed by atoms with Crippen molar-refractivity contribution in [2.75, 3.05) is 0 Å². The monoisotopic (exact) mass is 200 g/mol. The van der Waals surface area contributed by atoms with Gasteiger partial charge in [-0.3, -0.25) is 0 Å². The molecule has 1 atom stereocenters. The zero-order chi connectivity index (χ0) is 10.0. The summed E-state index contributed by atoms with van der Waals surface area (Å²) >= 11 is -2.13. The molecule has 1 aromatic rings. The lowest BCUT2D eigenvalue weighted by Crippen LogP contribution is -2.01. The van der Waals surface area contributed by atoms with E-state index < -0.39 is 17.0 Å². The van der Waals surface area contributed by atoms with Crippen molar-refractivity contribution in [3.8, 4) is 0 Å². The van der Waals surface area contributed by atoms with E-state index in [2.05, 4.69) is 0 Å². The molecule has 5 heteroatoms. The van der Waals surface area contributed by atoms with Crippen LogP contribution in [0.2, 0.25) is 0 Å². The van der Waals surface area contributed by atoms with Crippen LogP contribution in [0, 0.1) is 6.92 Å². The second-order valence-corrected chi connectivity index (χ2v) is 3.50. The Kier molecular flexibility index (Phi) is 2.79. The number of hydrogen-bond acceptors (Lipinski definition) is 2. The number of benzene rings is 1. The summed E-state index contributed by atoms with van der Waals surface area (Å²) in [7, 11) is 0. The Morgan fingerprint density at radius 3 is 2.54 bits per heavy atom. The number of carboxylic acids is 1. The highest BCUT2D eigenvalue weighted by molar-refractivity contribution is 7.79. The molecule has 0 spiro atoms. The van der Waals surface area contributed by atoms with Gasteiger partial charge in [0.05, 0.1) is 10.5 Å². The first-order valence-corrected chi connectivity index (χ1v) is 4.58. The van der Waals surface area contributed by atoms with Gasteiger partial charge in [-0.1, -0.05) is 6.07 Å². The third-order valence-electron chi connectivity index (χ3n) is 1.64. The maximum absolute atomic E-state index is 10.6. The normalized spacial score (nSPS) is 12.5. The number of aromatic carboxylic acids is 1. The molecule has 0 saturated heterocycles. The Morgan fingerprint density at radius 1 is 1.46 bits per heavy atom. The third-order valence-corrected chi connectivity index (χ3v) is 2.30. The maximum atomic E-state index is 10.6. The van der Waals surface area contributed by atoms with Crippen LogP contribution in [0.5, 0.6) is 0 Å². The summed E-state index contributed by atoms with van der Waals surface area (Å²) in [6.45, 7) is 1.63. The van der Waals surface area contributed by atoms with Gasteiger partial charge in [-0.25, -0.2) is 9.00 Å². The Morgan fingerprint density at radius 2 is 2.08 bits per heavy atom. The molecule has 4 nitrogen and oxygen atoms in total. The van der Waals surface area contributed by atoms with Gasteiger partial charge in [-0.05, 0) is 24.6 Å². The lowest BCUT2D eigenvalue weighted by molar-refractivity contribution is 0.0696. The van der Waals surface area contributed by atoms with E-state index in [9.17, 15) is 9.00 Å². The lowest BCUT2D eigenvalue weighted by Gasteiger charge is -2.01. The van der Waals surface area contributed by atoms with Crippen LogP contribution in [0.15, 0.2) is 23.1 Å². The SMILES string of the molecule is Cc1ccc(S(=O)O)cc1C(=O)O. The number of carbonyl (C=O) groups is 1. The topological polar surface area (TPSA) is 74.6 Å². The molecule has 0 fully saturated rings. The molecule has 0 amide bonds. The fourth-order valence-electron chi connectivity index (χ4n) is 0.940. The highest BCUT2D eigenvalue weighted by Crippen LogP contribution is 2.13. The Labute approximate surface area is 77.5 Å². The van der Waals surface area contributed by atoms with Gasteiger partial charge in [0.15, 0.2) is 11.1 Å². The zero-order valence-electron chi connectivity index (χ0n) is 6.85. The van der Waals surface area contributed by atoms with E-state index in [1.165, 1.54) is 18.2 Å². The Bertz CT molecular complexity index is 372. The summed E-state index contributed by atoms with van der Waals surface area (Å²) in [5, 5.41) is 8.69. The van der Waals surface area contributed by atoms with Crippen molar-refractivity contribution in [1.29, 1.82) is 0 Å². The minimum atomic E-state index is -2.13. The van der Waals surface area contributed by atoms with Crippen molar-refractivity contribution in [2.24, 2.45) is 0 Å². The van der Waals surface area contributed by atoms with E-state index in [4.69, 9.17) is 9.66 Å². The van der Waals surface area contributed by atoms with Gasteiger partial charge in [-0.2, -0.15) is 0 Å². The van der Waals surface area contributed by atoms with Crippen LogP contribution in [-0.2, 0) is 11.1 Å². The van der Waals surface area contributed by atoms with Crippen molar-refractivity contribution in [2.45, 2.75) is 11.8 Å². The smallest absolute Gasteiger partial charge is 0.335 e. The molecule has 0 aromatic heterocycles. The van der Waals surface area contributed by atoms with Crippen molar-refractivity contribution >= 4 is 17.0 Å². The number of carboxylic acid groups (broad SMARTS) is 1. The molecule has 0 aliphatic heterocycles. The third kappa shape index (κ3) is 2.13. The number of aryl methyl sites for hydroxylation is 1. The van der Waals surface area contributed by atoms with Gasteiger partial charge in [0, 0.05) is 0 Å². The van der Waals surface area contributed by atoms with E-state index in [-0.39, 0.29) is 10.5 Å². The van der Waals surface area contributed by atoms with E-state index >= 15 is 0 Å². The predicted octanol–water partition coefficient (Wildman–Crippen LogP) is 1.27. The van der Waals surface area contributed by atoms with Gasteiger partial charge < -0.3 is 9.66 Å². The average Bonchev–Trinajstić information content (AvgIpc) is 2.04. The molecule has 1 unspecified atom stereocenters. The molecule has 70 valence electrons. The molecular formula is C8H8O4S. The van der Waals surface area contributed by atoms with Gasteiger partial charge in [0.25, 0.3) is 0 Å². The van der Waals surface area contributed by atoms with Crippen molar-refractivity contribution in [1.82, 2.24) is 0 Å². The first-order valence-electron chi connectivity index (χ1n) is 3.47. The van der Waals surface area contributed by atoms with Crippen molar-refractivity contribution in [3.63, 3.8) is 0 Å². The van der Waals surface area contributed by atoms with Crippen LogP contribution < -0.4 is 0 Å². The van der Waals surface area contributed by atoms with Crippen LogP contribution in [0.3, 0.4) is 0 Å². The largest absolute Gasteiger partial charge is 0.478 e. The minimum Gasteiger partial charge on any atom is -0.478 e. The molecule has 1 rings (SSSR count). The van der Waals surface area contributed by atoms with Crippen LogP contribution >= 0.6 is 0 Å². The van der Waals surface area contributed by atoms with E-state index in [0.717, 1.165) is 0 Å². The summed E-state index contributed by atoms with van der Waals surface area (Å²) in [5.74, 6) is -1.09. The summed E-state index contributed by atoms with van der Waals surface area (Å²) < 4.78 is 19.3. The van der Waals surface area contributed by atoms with Gasteiger partial charge >= 0.3 is 5.97 Å². The number of rotatable bonds is 2. The van der Waals surface area contributed by atoms with Gasteiger partial charge in [0.2, 0.25) is 0 Å². The van der Waals surface area contributed by atoms with Gasteiger partial charge in [-0.15, -0.1) is 0 Å². The van der Waals surface area contributed by atoms with E-state index in [1.54, 1.807) is 6.92 Å². The fraction of sp³-hybridized carbons (Fsp3) is 0.125. The van der Waals surface area contributed by atoms with Crippen LogP contribution in [0.25, 0.3) is 0 Å². The Balaban J connectivity index is 3.27. The molecule has 13 heavy (non-hydrogen) atoms. The maximum Gasteiger partial charge on any atom is 0.335 e. The average molecular weight is 200 g/mol. The molecule has 0 radical (unpaired) electrons. The standard InChI is InChI=1S/C8H8O4S/c1-5-2-3-6(13(11)12)4-7(5)8(9)10/h2-4H,1H3,(H,9,10)(H,11,12). The fourth-order valence-corrected chi connectivity index (χ4v) is 1.34. The molecule has 0 aliphatic rings. The number of hydrogen-bond donors (Lipinski definition) is 2. The van der Waals surface area contributed by atoms with E-state index in [0.29, 0.717) is 5.56 Å². The van der Waals surface area contributed by atoms with E-state index in [1.807, 2.05) is 0 Å². The predicted molar refractivity (Wildman–Crippen MR) is 47.2 cm³/mol. The summed E-state index contributed by atoms with van der Waals surface area (Å²) in [5.41, 5.74) is 0.626. The summed E-state index contributed by atoms with van der Waals surface area (Å²) in [6, 6.07) is 4.14. The van der Waals surface area contributed by atoms with Crippen molar-refractivity contribution < 1.29 is 18.7 Å². The summed E-state index contributed by atoms with van der Waals surface area (Å²) in [6.07, 6.45) is 0. The zero-order valence-corrected chi connectivity index (χ0v) is 7.67. The minimum absolute atomic E-state index is 0.0555. The highest BCUT2D eigenvalue weighted by Gasteiger charge is 2.09. The molecule has 0 saturated carbocycles.